The average Bonchev–Trinajstić information content (AvgIpc) is 3.32. The second-order valence-corrected chi connectivity index (χ2v) is 18.2. The third-order valence-corrected chi connectivity index (χ3v) is 14.5. The zero-order valence-corrected chi connectivity index (χ0v) is 33.3. The first-order valence-corrected chi connectivity index (χ1v) is 21.5. The fraction of sp³-hybridized carbons (Fsp3) is 0.778. The Morgan fingerprint density at radius 3 is 1.69 bits per heavy atom. The van der Waals surface area contributed by atoms with Crippen LogP contribution in [0.25, 0.3) is 0 Å². The Morgan fingerprint density at radius 2 is 1.20 bits per heavy atom. The van der Waals surface area contributed by atoms with E-state index in [9.17, 15) is 8.42 Å². The molecule has 49 heavy (non-hydrogen) atoms. The lowest BCUT2D eigenvalue weighted by atomic mass is 9.98. The number of hydrogen-bond donors (Lipinski definition) is 1. The highest BCUT2D eigenvalue weighted by Crippen LogP contribution is 2.34. The molecule has 3 saturated heterocycles. The molecule has 3 aliphatic heterocycles. The van der Waals surface area contributed by atoms with E-state index in [0.717, 1.165) is 25.4 Å². The summed E-state index contributed by atoms with van der Waals surface area (Å²) in [6.45, 7) is 19.2. The van der Waals surface area contributed by atoms with Crippen LogP contribution in [0.5, 0.6) is 0 Å². The van der Waals surface area contributed by atoms with Crippen molar-refractivity contribution >= 4 is 39.3 Å². The molecule has 0 bridgehead atoms. The fourth-order valence-electron chi connectivity index (χ4n) is 8.51. The van der Waals surface area contributed by atoms with Gasteiger partial charge in [0.2, 0.25) is 5.95 Å². The largest absolute Gasteiger partial charge is 0.368 e. The summed E-state index contributed by atoms with van der Waals surface area (Å²) in [6, 6.07) is 6.41. The number of nitrogen functional groups attached to an aromatic ring is 1. The quantitative estimate of drug-likeness (QED) is 0.250. The minimum absolute atomic E-state index is 0.133. The zero-order valence-electron chi connectivity index (χ0n) is 30.9. The summed E-state index contributed by atoms with van der Waals surface area (Å²) in [5, 5.41) is 0.552. The number of benzene rings is 1. The third-order valence-electron chi connectivity index (χ3n) is 11.6. The number of nitrogens with two attached hydrogens (primary N) is 1. The van der Waals surface area contributed by atoms with Crippen molar-refractivity contribution in [2.45, 2.75) is 165 Å². The van der Waals surface area contributed by atoms with Crippen LogP contribution in [-0.4, -0.2) is 99.1 Å². The van der Waals surface area contributed by atoms with Crippen LogP contribution < -0.4 is 11.4 Å². The Morgan fingerprint density at radius 1 is 0.755 bits per heavy atom. The van der Waals surface area contributed by atoms with E-state index in [4.69, 9.17) is 17.3 Å². The lowest BCUT2D eigenvalue weighted by Crippen LogP contribution is -2.47. The van der Waals surface area contributed by atoms with E-state index in [1.54, 1.807) is 12.1 Å². The molecule has 1 aromatic heterocycles. The Balaban J connectivity index is 1.46. The average molecular weight is 738 g/mol. The van der Waals surface area contributed by atoms with E-state index in [1.807, 2.05) is 16.3 Å². The zero-order chi connectivity index (χ0) is 35.5. The van der Waals surface area contributed by atoms with Gasteiger partial charge in [0.05, 0.1) is 13.1 Å². The van der Waals surface area contributed by atoms with Gasteiger partial charge in [-0.1, -0.05) is 30.9 Å². The van der Waals surface area contributed by atoms with Crippen LogP contribution in [0.15, 0.2) is 26.3 Å². The van der Waals surface area contributed by atoms with Crippen molar-refractivity contribution in [3.05, 3.63) is 28.3 Å². The number of hydrogen-bond acceptors (Lipinski definition) is 8. The first-order chi connectivity index (χ1) is 23.3. The van der Waals surface area contributed by atoms with Crippen LogP contribution in [-0.2, 0) is 23.1 Å². The molecule has 0 saturated carbocycles. The molecule has 0 amide bonds. The molecule has 3 fully saturated rings. The summed E-state index contributed by atoms with van der Waals surface area (Å²) >= 11 is 8.12. The molecule has 0 aliphatic carbocycles. The predicted molar refractivity (Wildman–Crippen MR) is 203 cm³/mol. The summed E-state index contributed by atoms with van der Waals surface area (Å²) < 4.78 is 36.9. The lowest BCUT2D eigenvalue weighted by Gasteiger charge is -2.39. The summed E-state index contributed by atoms with van der Waals surface area (Å²) in [7, 11) is -4.15. The van der Waals surface area contributed by atoms with Crippen LogP contribution in [0.1, 0.15) is 105 Å². The van der Waals surface area contributed by atoms with Gasteiger partial charge in [0.25, 0.3) is 15.6 Å². The molecule has 5 rings (SSSR count). The number of aryl methyl sites for hydroxylation is 1. The molecule has 0 spiro atoms. The highest BCUT2D eigenvalue weighted by Gasteiger charge is 2.29. The van der Waals surface area contributed by atoms with Crippen molar-refractivity contribution in [1.29, 1.82) is 0 Å². The molecule has 6 atom stereocenters. The van der Waals surface area contributed by atoms with Gasteiger partial charge in [-0.2, -0.15) is 13.4 Å². The smallest absolute Gasteiger partial charge is 0.286 e. The summed E-state index contributed by atoms with van der Waals surface area (Å²) in [5.41, 5.74) is 7.43. The molecule has 13 heteroatoms. The van der Waals surface area contributed by atoms with Crippen molar-refractivity contribution < 1.29 is 8.42 Å². The lowest BCUT2D eigenvalue weighted by molar-refractivity contribution is 0.0883. The van der Waals surface area contributed by atoms with Gasteiger partial charge in [0.15, 0.2) is 0 Å². The van der Waals surface area contributed by atoms with Crippen LogP contribution in [0, 0.1) is 6.92 Å². The maximum absolute atomic E-state index is 14.3. The number of halogens is 1. The van der Waals surface area contributed by atoms with E-state index in [-0.39, 0.29) is 16.5 Å². The van der Waals surface area contributed by atoms with E-state index in [2.05, 4.69) is 65.6 Å². The number of piperidine rings is 3. The predicted octanol–water partition coefficient (Wildman–Crippen LogP) is 6.40. The Kier molecular flexibility index (Phi) is 13.3. The molecule has 1 aromatic carbocycles. The van der Waals surface area contributed by atoms with Gasteiger partial charge < -0.3 is 5.73 Å². The van der Waals surface area contributed by atoms with Crippen LogP contribution in [0.4, 0.5) is 5.95 Å². The van der Waals surface area contributed by atoms with Gasteiger partial charge in [-0.3, -0.25) is 19.4 Å². The van der Waals surface area contributed by atoms with Gasteiger partial charge in [0, 0.05) is 71.6 Å². The number of sulfonamides is 1. The fourth-order valence-corrected chi connectivity index (χ4v) is 11.2. The van der Waals surface area contributed by atoms with E-state index in [1.165, 1.54) is 69.5 Å². The summed E-state index contributed by atoms with van der Waals surface area (Å²) in [6.07, 6.45) is 10.8. The van der Waals surface area contributed by atoms with Crippen molar-refractivity contribution in [3.63, 3.8) is 0 Å². The van der Waals surface area contributed by atoms with Gasteiger partial charge in [-0.15, -0.1) is 16.2 Å². The molecule has 0 radical (unpaired) electrons. The second kappa shape index (κ2) is 16.8. The molecule has 3 aliphatic rings. The van der Waals surface area contributed by atoms with Crippen LogP contribution >= 0.6 is 23.4 Å². The number of nitrogens with zero attached hydrogens (tertiary/aromatic N) is 7. The van der Waals surface area contributed by atoms with Crippen LogP contribution in [0.3, 0.4) is 0 Å². The summed E-state index contributed by atoms with van der Waals surface area (Å²) in [5.74, 6) is 1.05. The van der Waals surface area contributed by atoms with E-state index in [0.29, 0.717) is 64.8 Å². The van der Waals surface area contributed by atoms with Crippen molar-refractivity contribution in [3.8, 4) is 0 Å². The molecule has 6 unspecified atom stereocenters. The van der Waals surface area contributed by atoms with Crippen molar-refractivity contribution in [1.82, 2.24) is 29.0 Å². The topological polar surface area (TPSA) is 105 Å². The van der Waals surface area contributed by atoms with E-state index >= 15 is 0 Å². The Bertz CT molecular complexity index is 1560. The number of aromatic nitrogens is 3. The van der Waals surface area contributed by atoms with Crippen molar-refractivity contribution in [2.75, 3.05) is 31.1 Å². The Labute approximate surface area is 304 Å². The molecule has 2 N–H and O–H groups in total. The molecular formula is C36H61ClN8O2S2. The Hall–Kier alpha value is -1.57. The SMILES string of the molecule is Cc1cc(S(=O)(=O)/N=c2/nc(N)n(CCN3C(C)CCCC3C)n2CCN2C(C)CCCC2C)c(SCCN2C(C)CCCC2C)cc1Cl. The van der Waals surface area contributed by atoms with Gasteiger partial charge in [-0.25, -0.2) is 4.68 Å². The molecule has 4 heterocycles. The normalized spacial score (nSPS) is 28.4. The molecular weight excluding hydrogens is 676 g/mol. The summed E-state index contributed by atoms with van der Waals surface area (Å²) in [4.78, 5) is 13.0. The highest BCUT2D eigenvalue weighted by molar-refractivity contribution is 8.00. The van der Waals surface area contributed by atoms with Crippen LogP contribution in [0.2, 0.25) is 5.02 Å². The number of likely N-dealkylation sites (tertiary alicyclic amines) is 3. The second-order valence-electron chi connectivity index (χ2n) is 15.1. The van der Waals surface area contributed by atoms with Gasteiger partial charge in [0.1, 0.15) is 4.90 Å². The molecule has 2 aromatic rings. The van der Waals surface area contributed by atoms with Gasteiger partial charge >= 0.3 is 0 Å². The first-order valence-electron chi connectivity index (χ1n) is 18.7. The minimum atomic E-state index is -4.15. The first kappa shape index (κ1) is 38.7. The number of thioether (sulfide) groups is 1. The van der Waals surface area contributed by atoms with Gasteiger partial charge in [-0.05, 0) is 105 Å². The maximum atomic E-state index is 14.3. The number of anilines is 1. The maximum Gasteiger partial charge on any atom is 0.286 e. The van der Waals surface area contributed by atoms with E-state index < -0.39 is 10.0 Å². The molecule has 276 valence electrons. The monoisotopic (exact) mass is 736 g/mol. The third kappa shape index (κ3) is 9.27. The highest BCUT2D eigenvalue weighted by atomic mass is 35.5. The van der Waals surface area contributed by atoms with Crippen molar-refractivity contribution in [2.24, 2.45) is 4.40 Å². The number of rotatable bonds is 12. The molecule has 10 nitrogen and oxygen atoms in total. The minimum Gasteiger partial charge on any atom is -0.368 e. The standard InChI is InChI=1S/C36H61ClN8O2S2/c1-25-23-34(33(24-32(25)37)48-22-21-43-30(6)15-10-16-31(43)7)49(46,47)40-36-39-35(38)44(19-17-41-26(2)11-8-12-27(41)3)45(36)20-18-42-28(4)13-9-14-29(42)5/h23-24,26-31H,8-22H2,1-7H3,(H2,38,39,40).